The van der Waals surface area contributed by atoms with Gasteiger partial charge in [0, 0.05) is 16.6 Å². The SMILES string of the molecule is Cl.Clc1ccc(COC2CCNC2)c(Cl)c1. The van der Waals surface area contributed by atoms with E-state index in [9.17, 15) is 0 Å². The lowest BCUT2D eigenvalue weighted by molar-refractivity contribution is 0.0543. The van der Waals surface area contributed by atoms with E-state index in [1.807, 2.05) is 12.1 Å². The van der Waals surface area contributed by atoms with E-state index in [-0.39, 0.29) is 12.4 Å². The van der Waals surface area contributed by atoms with Gasteiger partial charge >= 0.3 is 0 Å². The maximum absolute atomic E-state index is 6.03. The lowest BCUT2D eigenvalue weighted by atomic mass is 10.2. The van der Waals surface area contributed by atoms with Crippen molar-refractivity contribution in [3.63, 3.8) is 0 Å². The van der Waals surface area contributed by atoms with E-state index < -0.39 is 0 Å². The molecule has 1 atom stereocenters. The first-order valence-corrected chi connectivity index (χ1v) is 5.77. The van der Waals surface area contributed by atoms with E-state index in [2.05, 4.69) is 5.32 Å². The summed E-state index contributed by atoms with van der Waals surface area (Å²) in [6, 6.07) is 5.49. The molecule has 0 aliphatic carbocycles. The average Bonchev–Trinajstić information content (AvgIpc) is 2.69. The van der Waals surface area contributed by atoms with Gasteiger partial charge in [-0.05, 0) is 30.7 Å². The van der Waals surface area contributed by atoms with Gasteiger partial charge in [0.15, 0.2) is 0 Å². The van der Waals surface area contributed by atoms with E-state index in [1.54, 1.807) is 6.07 Å². The summed E-state index contributed by atoms with van der Waals surface area (Å²) < 4.78 is 5.72. The Morgan fingerprint density at radius 1 is 1.38 bits per heavy atom. The fourth-order valence-corrected chi connectivity index (χ4v) is 2.08. The third-order valence-electron chi connectivity index (χ3n) is 2.50. The molecule has 1 N–H and O–H groups in total. The molecule has 1 fully saturated rings. The topological polar surface area (TPSA) is 21.3 Å². The first kappa shape index (κ1) is 14.1. The first-order valence-electron chi connectivity index (χ1n) is 5.02. The molecule has 0 spiro atoms. The molecule has 1 aromatic rings. The van der Waals surface area contributed by atoms with Crippen molar-refractivity contribution < 1.29 is 4.74 Å². The number of halogens is 3. The van der Waals surface area contributed by atoms with Crippen LogP contribution in [0, 0.1) is 0 Å². The van der Waals surface area contributed by atoms with E-state index in [1.165, 1.54) is 0 Å². The number of hydrogen-bond acceptors (Lipinski definition) is 2. The Balaban J connectivity index is 0.00000128. The van der Waals surface area contributed by atoms with Crippen LogP contribution >= 0.6 is 35.6 Å². The van der Waals surface area contributed by atoms with Gasteiger partial charge in [0.05, 0.1) is 12.7 Å². The third kappa shape index (κ3) is 3.79. The zero-order valence-electron chi connectivity index (χ0n) is 8.71. The Kier molecular flexibility index (Phi) is 5.87. The van der Waals surface area contributed by atoms with Gasteiger partial charge in [-0.3, -0.25) is 0 Å². The minimum Gasteiger partial charge on any atom is -0.372 e. The highest BCUT2D eigenvalue weighted by Gasteiger charge is 2.15. The molecule has 2 rings (SSSR count). The van der Waals surface area contributed by atoms with Crippen LogP contribution in [-0.4, -0.2) is 19.2 Å². The zero-order valence-corrected chi connectivity index (χ0v) is 11.0. The van der Waals surface area contributed by atoms with Crippen molar-refractivity contribution in [1.29, 1.82) is 0 Å². The van der Waals surface area contributed by atoms with Gasteiger partial charge in [0.25, 0.3) is 0 Å². The van der Waals surface area contributed by atoms with E-state index in [0.717, 1.165) is 25.1 Å². The van der Waals surface area contributed by atoms with Crippen molar-refractivity contribution >= 4 is 35.6 Å². The highest BCUT2D eigenvalue weighted by atomic mass is 35.5. The smallest absolute Gasteiger partial charge is 0.0735 e. The van der Waals surface area contributed by atoms with Crippen LogP contribution in [0.25, 0.3) is 0 Å². The molecule has 1 aromatic carbocycles. The summed E-state index contributed by atoms with van der Waals surface area (Å²) in [5.41, 5.74) is 0.993. The molecule has 0 aromatic heterocycles. The monoisotopic (exact) mass is 281 g/mol. The van der Waals surface area contributed by atoms with Crippen LogP contribution in [-0.2, 0) is 11.3 Å². The van der Waals surface area contributed by atoms with E-state index in [4.69, 9.17) is 27.9 Å². The lowest BCUT2D eigenvalue weighted by Crippen LogP contribution is -2.16. The average molecular weight is 283 g/mol. The summed E-state index contributed by atoms with van der Waals surface area (Å²) in [6.07, 6.45) is 1.39. The van der Waals surface area contributed by atoms with Crippen LogP contribution in [0.1, 0.15) is 12.0 Å². The Morgan fingerprint density at radius 3 is 2.81 bits per heavy atom. The Bertz CT molecular complexity index is 340. The van der Waals surface area contributed by atoms with Crippen molar-refractivity contribution in [2.75, 3.05) is 13.1 Å². The van der Waals surface area contributed by atoms with E-state index >= 15 is 0 Å². The molecule has 1 unspecified atom stereocenters. The molecule has 16 heavy (non-hydrogen) atoms. The zero-order chi connectivity index (χ0) is 10.7. The second-order valence-electron chi connectivity index (χ2n) is 3.66. The fourth-order valence-electron chi connectivity index (χ4n) is 1.62. The van der Waals surface area contributed by atoms with Crippen LogP contribution in [0.3, 0.4) is 0 Å². The van der Waals surface area contributed by atoms with Crippen LogP contribution in [0.2, 0.25) is 10.0 Å². The largest absolute Gasteiger partial charge is 0.372 e. The van der Waals surface area contributed by atoms with Crippen molar-refractivity contribution in [2.24, 2.45) is 0 Å². The van der Waals surface area contributed by atoms with Crippen molar-refractivity contribution in [3.05, 3.63) is 33.8 Å². The number of nitrogens with one attached hydrogen (secondary N) is 1. The second kappa shape index (κ2) is 6.67. The maximum atomic E-state index is 6.03. The van der Waals surface area contributed by atoms with Gasteiger partial charge in [-0.1, -0.05) is 29.3 Å². The van der Waals surface area contributed by atoms with Crippen molar-refractivity contribution in [2.45, 2.75) is 19.1 Å². The number of benzene rings is 1. The van der Waals surface area contributed by atoms with Gasteiger partial charge in [0.2, 0.25) is 0 Å². The molecule has 5 heteroatoms. The summed E-state index contributed by atoms with van der Waals surface area (Å²) in [5.74, 6) is 0. The molecular weight excluding hydrogens is 268 g/mol. The second-order valence-corrected chi connectivity index (χ2v) is 4.51. The lowest BCUT2D eigenvalue weighted by Gasteiger charge is -2.11. The summed E-state index contributed by atoms with van der Waals surface area (Å²) in [5, 5.41) is 4.59. The normalized spacial score (nSPS) is 19.5. The molecule has 1 aliphatic rings. The summed E-state index contributed by atoms with van der Waals surface area (Å²) in [7, 11) is 0. The highest BCUT2D eigenvalue weighted by molar-refractivity contribution is 6.35. The van der Waals surface area contributed by atoms with Gasteiger partial charge < -0.3 is 10.1 Å². The minimum atomic E-state index is 0. The van der Waals surface area contributed by atoms with Gasteiger partial charge in [-0.2, -0.15) is 0 Å². The van der Waals surface area contributed by atoms with Gasteiger partial charge in [0.1, 0.15) is 0 Å². The fraction of sp³-hybridized carbons (Fsp3) is 0.455. The summed E-state index contributed by atoms with van der Waals surface area (Å²) in [4.78, 5) is 0. The molecule has 0 radical (unpaired) electrons. The van der Waals surface area contributed by atoms with Crippen LogP contribution in [0.15, 0.2) is 18.2 Å². The highest BCUT2D eigenvalue weighted by Crippen LogP contribution is 2.22. The molecule has 0 bridgehead atoms. The van der Waals surface area contributed by atoms with Gasteiger partial charge in [-0.15, -0.1) is 12.4 Å². The number of ether oxygens (including phenoxy) is 1. The summed E-state index contributed by atoms with van der Waals surface area (Å²) in [6.45, 7) is 2.53. The maximum Gasteiger partial charge on any atom is 0.0735 e. The Morgan fingerprint density at radius 2 is 2.19 bits per heavy atom. The van der Waals surface area contributed by atoms with Crippen molar-refractivity contribution in [1.82, 2.24) is 5.32 Å². The molecule has 1 heterocycles. The van der Waals surface area contributed by atoms with Crippen LogP contribution in [0.4, 0.5) is 0 Å². The predicted octanol–water partition coefficient (Wildman–Crippen LogP) is 3.29. The minimum absolute atomic E-state index is 0. The van der Waals surface area contributed by atoms with Crippen LogP contribution in [0.5, 0.6) is 0 Å². The Hall–Kier alpha value is 0.01000. The van der Waals surface area contributed by atoms with Crippen molar-refractivity contribution in [3.8, 4) is 0 Å². The first-order chi connectivity index (χ1) is 7.25. The number of hydrogen-bond donors (Lipinski definition) is 1. The van der Waals surface area contributed by atoms with Crippen LogP contribution < -0.4 is 5.32 Å². The Labute approximate surface area is 112 Å². The molecule has 1 aliphatic heterocycles. The van der Waals surface area contributed by atoms with Gasteiger partial charge in [-0.25, -0.2) is 0 Å². The summed E-state index contributed by atoms with van der Waals surface area (Å²) >= 11 is 11.8. The predicted molar refractivity (Wildman–Crippen MR) is 69.8 cm³/mol. The molecule has 90 valence electrons. The number of rotatable bonds is 3. The standard InChI is InChI=1S/C11H13Cl2NO.ClH/c12-9-2-1-8(11(13)5-9)7-15-10-3-4-14-6-10;/h1-2,5,10,14H,3-4,6-7H2;1H. The molecule has 1 saturated heterocycles. The van der Waals surface area contributed by atoms with E-state index in [0.29, 0.717) is 22.8 Å². The third-order valence-corrected chi connectivity index (χ3v) is 3.09. The molecular formula is C11H14Cl3NO. The molecule has 0 amide bonds. The quantitative estimate of drug-likeness (QED) is 0.918. The molecule has 0 saturated carbocycles. The molecule has 2 nitrogen and oxygen atoms in total.